The number of hydrogen-bond acceptors (Lipinski definition) is 3. The zero-order valence-corrected chi connectivity index (χ0v) is 16.8. The first-order chi connectivity index (χ1) is 14.5. The van der Waals surface area contributed by atoms with Crippen LogP contribution in [0.3, 0.4) is 0 Å². The number of halogens is 1. The van der Waals surface area contributed by atoms with Crippen molar-refractivity contribution in [3.05, 3.63) is 75.8 Å². The van der Waals surface area contributed by atoms with Gasteiger partial charge in [-0.15, -0.1) is 0 Å². The highest BCUT2D eigenvalue weighted by Gasteiger charge is 2.24. The summed E-state index contributed by atoms with van der Waals surface area (Å²) < 4.78 is 19.7. The number of carbonyl (C=O) groups excluding carboxylic acids is 1. The topological polar surface area (TPSA) is 74.4 Å². The van der Waals surface area contributed by atoms with E-state index in [1.54, 1.807) is 18.2 Å². The number of rotatable bonds is 5. The first-order valence-electron chi connectivity index (χ1n) is 10.0. The number of fused-ring (bicyclic) bond motifs is 1. The van der Waals surface area contributed by atoms with E-state index < -0.39 is 11.8 Å². The van der Waals surface area contributed by atoms with Gasteiger partial charge in [-0.2, -0.15) is 0 Å². The van der Waals surface area contributed by atoms with Crippen molar-refractivity contribution in [3.63, 3.8) is 0 Å². The highest BCUT2D eigenvalue weighted by atomic mass is 19.1. The molecule has 2 amide bonds. The number of aromatic amines is 1. The summed E-state index contributed by atoms with van der Waals surface area (Å²) >= 11 is 0. The lowest BCUT2D eigenvalue weighted by atomic mass is 10.1. The molecule has 1 saturated heterocycles. The number of amides is 2. The van der Waals surface area contributed by atoms with Crippen molar-refractivity contribution < 1.29 is 13.9 Å². The Balaban J connectivity index is 1.62. The minimum atomic E-state index is -0.512. The molecule has 2 heterocycles. The zero-order valence-electron chi connectivity index (χ0n) is 16.8. The molecule has 156 valence electrons. The van der Waals surface area contributed by atoms with E-state index in [2.05, 4.69) is 10.3 Å². The number of H-pyrrole nitrogens is 1. The van der Waals surface area contributed by atoms with Gasteiger partial charge in [0.05, 0.1) is 23.9 Å². The number of hydrogen-bond donors (Lipinski definition) is 2. The predicted octanol–water partition coefficient (Wildman–Crippen LogP) is 4.19. The normalized spacial score (nSPS) is 16.0. The third-order valence-corrected chi connectivity index (χ3v) is 5.38. The quantitative estimate of drug-likeness (QED) is 0.664. The molecule has 7 heteroatoms. The number of pyridine rings is 1. The van der Waals surface area contributed by atoms with Gasteiger partial charge in [0.25, 0.3) is 5.56 Å². The molecular formula is C23H24FN3O3. The van der Waals surface area contributed by atoms with Crippen LogP contribution in [0.1, 0.15) is 24.0 Å². The Morgan fingerprint density at radius 2 is 2.10 bits per heavy atom. The Bertz CT molecular complexity index is 1120. The van der Waals surface area contributed by atoms with E-state index >= 15 is 0 Å². The summed E-state index contributed by atoms with van der Waals surface area (Å²) in [6.07, 6.45) is 1.68. The number of carbonyl (C=O) groups is 1. The van der Waals surface area contributed by atoms with Crippen molar-refractivity contribution in [2.75, 3.05) is 18.5 Å². The number of urea groups is 1. The average molecular weight is 409 g/mol. The number of ether oxygens (including phenoxy) is 1. The summed E-state index contributed by atoms with van der Waals surface area (Å²) in [6.45, 7) is 3.01. The smallest absolute Gasteiger partial charge is 0.322 e. The third kappa shape index (κ3) is 4.36. The van der Waals surface area contributed by atoms with Crippen LogP contribution in [0.2, 0.25) is 0 Å². The van der Waals surface area contributed by atoms with Gasteiger partial charge in [0, 0.05) is 18.7 Å². The van der Waals surface area contributed by atoms with Gasteiger partial charge < -0.3 is 19.9 Å². The number of benzene rings is 2. The maximum Gasteiger partial charge on any atom is 0.322 e. The molecule has 2 N–H and O–H groups in total. The van der Waals surface area contributed by atoms with E-state index in [-0.39, 0.29) is 23.9 Å². The van der Waals surface area contributed by atoms with Crippen LogP contribution in [0.25, 0.3) is 10.9 Å². The molecule has 30 heavy (non-hydrogen) atoms. The van der Waals surface area contributed by atoms with Crippen LogP contribution in [-0.2, 0) is 11.3 Å². The number of para-hydroxylation sites is 2. The second-order valence-electron chi connectivity index (χ2n) is 7.59. The highest BCUT2D eigenvalue weighted by molar-refractivity contribution is 5.89. The first kappa shape index (κ1) is 20.1. The Morgan fingerprint density at radius 3 is 2.87 bits per heavy atom. The van der Waals surface area contributed by atoms with Crippen molar-refractivity contribution in [2.45, 2.75) is 32.4 Å². The Labute approximate surface area is 173 Å². The number of nitrogens with one attached hydrogen (secondary N) is 2. The van der Waals surface area contributed by atoms with E-state index in [4.69, 9.17) is 4.74 Å². The fourth-order valence-corrected chi connectivity index (χ4v) is 3.76. The van der Waals surface area contributed by atoms with Crippen LogP contribution in [0, 0.1) is 12.7 Å². The molecule has 1 aliphatic heterocycles. The molecule has 0 saturated carbocycles. The zero-order chi connectivity index (χ0) is 21.1. The molecule has 1 aliphatic rings. The molecule has 0 aliphatic carbocycles. The average Bonchev–Trinajstić information content (AvgIpc) is 3.24. The van der Waals surface area contributed by atoms with E-state index in [0.29, 0.717) is 18.7 Å². The molecule has 0 spiro atoms. The number of nitrogens with zero attached hydrogens (tertiary/aromatic N) is 1. The highest BCUT2D eigenvalue weighted by Crippen LogP contribution is 2.19. The molecule has 0 bridgehead atoms. The monoisotopic (exact) mass is 409 g/mol. The van der Waals surface area contributed by atoms with E-state index in [1.165, 1.54) is 17.0 Å². The SMILES string of the molecule is Cc1cccc2cc(CN(CC3CCCO3)C(=O)Nc3ccccc3F)c(=O)[nH]c12. The van der Waals surface area contributed by atoms with Crippen molar-refractivity contribution >= 4 is 22.6 Å². The molecule has 1 fully saturated rings. The molecule has 3 aromatic rings. The summed E-state index contributed by atoms with van der Waals surface area (Å²) in [4.78, 5) is 30.1. The molecule has 4 rings (SSSR count). The predicted molar refractivity (Wildman–Crippen MR) is 114 cm³/mol. The minimum Gasteiger partial charge on any atom is -0.376 e. The van der Waals surface area contributed by atoms with Crippen LogP contribution in [0.5, 0.6) is 0 Å². The van der Waals surface area contributed by atoms with Gasteiger partial charge in [0.2, 0.25) is 0 Å². The second kappa shape index (κ2) is 8.67. The van der Waals surface area contributed by atoms with Crippen LogP contribution < -0.4 is 10.9 Å². The van der Waals surface area contributed by atoms with E-state index in [1.807, 2.05) is 25.1 Å². The maximum atomic E-state index is 14.0. The molecule has 1 unspecified atom stereocenters. The van der Waals surface area contributed by atoms with Gasteiger partial charge in [-0.25, -0.2) is 9.18 Å². The summed E-state index contributed by atoms with van der Waals surface area (Å²) in [5.74, 6) is -0.512. The van der Waals surface area contributed by atoms with Crippen LogP contribution in [0.4, 0.5) is 14.9 Å². The Hall–Kier alpha value is -3.19. The summed E-state index contributed by atoms with van der Waals surface area (Å²) in [6, 6.07) is 13.1. The lowest BCUT2D eigenvalue weighted by molar-refractivity contribution is 0.0818. The lowest BCUT2D eigenvalue weighted by Gasteiger charge is -2.26. The number of anilines is 1. The van der Waals surface area contributed by atoms with Crippen molar-refractivity contribution in [1.29, 1.82) is 0 Å². The first-order valence-corrected chi connectivity index (χ1v) is 10.0. The van der Waals surface area contributed by atoms with E-state index in [9.17, 15) is 14.0 Å². The van der Waals surface area contributed by atoms with Gasteiger partial charge in [-0.3, -0.25) is 4.79 Å². The van der Waals surface area contributed by atoms with E-state index in [0.717, 1.165) is 29.3 Å². The largest absolute Gasteiger partial charge is 0.376 e. The lowest BCUT2D eigenvalue weighted by Crippen LogP contribution is -2.41. The van der Waals surface area contributed by atoms with Crippen molar-refractivity contribution in [2.24, 2.45) is 0 Å². The number of aromatic nitrogens is 1. The molecule has 2 aromatic carbocycles. The molecule has 1 aromatic heterocycles. The van der Waals surface area contributed by atoms with Crippen molar-refractivity contribution in [1.82, 2.24) is 9.88 Å². The van der Waals surface area contributed by atoms with Gasteiger partial charge in [-0.05, 0) is 48.9 Å². The second-order valence-corrected chi connectivity index (χ2v) is 7.59. The van der Waals surface area contributed by atoms with Crippen LogP contribution in [-0.4, -0.2) is 35.2 Å². The fourth-order valence-electron chi connectivity index (χ4n) is 3.76. The number of aryl methyl sites for hydroxylation is 1. The molecule has 1 atom stereocenters. The molecule has 6 nitrogen and oxygen atoms in total. The van der Waals surface area contributed by atoms with Crippen LogP contribution in [0.15, 0.2) is 53.3 Å². The summed E-state index contributed by atoms with van der Waals surface area (Å²) in [7, 11) is 0. The van der Waals surface area contributed by atoms with Gasteiger partial charge in [0.1, 0.15) is 5.82 Å². The van der Waals surface area contributed by atoms with Gasteiger partial charge in [0.15, 0.2) is 0 Å². The van der Waals surface area contributed by atoms with Gasteiger partial charge in [-0.1, -0.05) is 30.3 Å². The third-order valence-electron chi connectivity index (χ3n) is 5.38. The summed E-state index contributed by atoms with van der Waals surface area (Å²) in [5, 5.41) is 3.51. The summed E-state index contributed by atoms with van der Waals surface area (Å²) in [5.41, 5.74) is 2.09. The fraction of sp³-hybridized carbons (Fsp3) is 0.304. The van der Waals surface area contributed by atoms with Crippen LogP contribution >= 0.6 is 0 Å². The van der Waals surface area contributed by atoms with Crippen molar-refractivity contribution in [3.8, 4) is 0 Å². The molecular weight excluding hydrogens is 385 g/mol. The standard InChI is InChI=1S/C23H24FN3O3/c1-15-6-4-7-16-12-17(22(28)26-21(15)16)13-27(14-18-8-5-11-30-18)23(29)25-20-10-3-2-9-19(20)24/h2-4,6-7,9-10,12,18H,5,8,11,13-14H2,1H3,(H,25,29)(H,26,28). The van der Waals surface area contributed by atoms with Gasteiger partial charge >= 0.3 is 6.03 Å². The molecule has 0 radical (unpaired) electrons. The minimum absolute atomic E-state index is 0.0966. The Morgan fingerprint density at radius 1 is 1.27 bits per heavy atom. The Kier molecular flexibility index (Phi) is 5.81. The maximum absolute atomic E-state index is 14.0.